The summed E-state index contributed by atoms with van der Waals surface area (Å²) in [5.74, 6) is 3.08. The second kappa shape index (κ2) is 3.24. The van der Waals surface area contributed by atoms with E-state index < -0.39 is 0 Å². The van der Waals surface area contributed by atoms with E-state index in [4.69, 9.17) is 4.74 Å². The molecule has 5 atom stereocenters. The Hall–Kier alpha value is -0.530. The summed E-state index contributed by atoms with van der Waals surface area (Å²) in [6.45, 7) is 7.72. The molecule has 1 saturated heterocycles. The van der Waals surface area contributed by atoms with Crippen LogP contribution in [0.15, 0.2) is 0 Å². The Balaban J connectivity index is 1.86. The lowest BCUT2D eigenvalue weighted by Crippen LogP contribution is -2.36. The molecule has 90 valence electrons. The lowest BCUT2D eigenvalue weighted by Gasteiger charge is -2.39. The van der Waals surface area contributed by atoms with Crippen LogP contribution >= 0.6 is 0 Å². The molecule has 5 unspecified atom stereocenters. The summed E-state index contributed by atoms with van der Waals surface area (Å²) < 4.78 is 5.26. The molecule has 0 amide bonds. The Morgan fingerprint density at radius 3 is 2.75 bits per heavy atom. The topological polar surface area (TPSA) is 26.3 Å². The molecule has 0 spiro atoms. The van der Waals surface area contributed by atoms with Crippen molar-refractivity contribution in [2.45, 2.75) is 40.0 Å². The maximum Gasteiger partial charge on any atom is 0.309 e. The molecule has 2 heteroatoms. The first-order chi connectivity index (χ1) is 7.54. The fourth-order valence-electron chi connectivity index (χ4n) is 4.49. The number of ether oxygens (including phenoxy) is 1. The van der Waals surface area contributed by atoms with E-state index in [1.165, 1.54) is 19.3 Å². The summed E-state index contributed by atoms with van der Waals surface area (Å²) in [5, 5.41) is 0. The lowest BCUT2D eigenvalue weighted by atomic mass is 9.64. The minimum atomic E-state index is 0.106. The number of cyclic esters (lactones) is 1. The van der Waals surface area contributed by atoms with Gasteiger partial charge in [0.1, 0.15) is 0 Å². The minimum Gasteiger partial charge on any atom is -0.465 e. The average molecular weight is 222 g/mol. The van der Waals surface area contributed by atoms with Crippen molar-refractivity contribution < 1.29 is 9.53 Å². The first-order valence-corrected chi connectivity index (χ1v) is 6.71. The zero-order valence-corrected chi connectivity index (χ0v) is 10.5. The Kier molecular flexibility index (Phi) is 2.15. The van der Waals surface area contributed by atoms with Crippen LogP contribution in [0.1, 0.15) is 40.0 Å². The molecular formula is C14H22O2. The summed E-state index contributed by atoms with van der Waals surface area (Å²) in [4.78, 5) is 11.8. The molecule has 0 aromatic heterocycles. The van der Waals surface area contributed by atoms with E-state index in [1.807, 2.05) is 0 Å². The molecule has 0 N–H and O–H groups in total. The SMILES string of the molecule is CCC(C)(C)C1CC2CC1C1C(=O)OCC21. The van der Waals surface area contributed by atoms with Crippen molar-refractivity contribution in [1.29, 1.82) is 0 Å². The van der Waals surface area contributed by atoms with Gasteiger partial charge in [-0.2, -0.15) is 0 Å². The van der Waals surface area contributed by atoms with Gasteiger partial charge in [-0.15, -0.1) is 0 Å². The Morgan fingerprint density at radius 1 is 1.31 bits per heavy atom. The number of rotatable bonds is 2. The largest absolute Gasteiger partial charge is 0.465 e. The fourth-order valence-corrected chi connectivity index (χ4v) is 4.49. The molecule has 1 heterocycles. The van der Waals surface area contributed by atoms with Gasteiger partial charge < -0.3 is 4.74 Å². The molecule has 0 aromatic rings. The maximum atomic E-state index is 11.8. The summed E-state index contributed by atoms with van der Waals surface area (Å²) in [7, 11) is 0. The van der Waals surface area contributed by atoms with Crippen molar-refractivity contribution in [3.05, 3.63) is 0 Å². The molecule has 3 fully saturated rings. The van der Waals surface area contributed by atoms with Crippen LogP contribution in [0.3, 0.4) is 0 Å². The van der Waals surface area contributed by atoms with Gasteiger partial charge in [0.2, 0.25) is 0 Å². The predicted molar refractivity (Wildman–Crippen MR) is 61.7 cm³/mol. The van der Waals surface area contributed by atoms with Gasteiger partial charge in [0, 0.05) is 5.92 Å². The van der Waals surface area contributed by atoms with Crippen LogP contribution in [0.4, 0.5) is 0 Å². The zero-order chi connectivity index (χ0) is 11.5. The molecule has 2 aliphatic carbocycles. The van der Waals surface area contributed by atoms with Crippen molar-refractivity contribution in [1.82, 2.24) is 0 Å². The number of hydrogen-bond acceptors (Lipinski definition) is 2. The van der Waals surface area contributed by atoms with E-state index in [0.29, 0.717) is 23.9 Å². The second-order valence-corrected chi connectivity index (χ2v) is 6.66. The number of esters is 1. The van der Waals surface area contributed by atoms with Gasteiger partial charge in [-0.25, -0.2) is 0 Å². The van der Waals surface area contributed by atoms with Gasteiger partial charge >= 0.3 is 5.97 Å². The average Bonchev–Trinajstić information content (AvgIpc) is 2.90. The highest BCUT2D eigenvalue weighted by Gasteiger charge is 2.60. The molecule has 2 bridgehead atoms. The number of fused-ring (bicyclic) bond motifs is 5. The van der Waals surface area contributed by atoms with Gasteiger partial charge in [-0.05, 0) is 36.0 Å². The predicted octanol–water partition coefficient (Wildman–Crippen LogP) is 2.87. The van der Waals surface area contributed by atoms with E-state index in [-0.39, 0.29) is 11.9 Å². The maximum absolute atomic E-state index is 11.8. The van der Waals surface area contributed by atoms with Gasteiger partial charge in [-0.3, -0.25) is 4.79 Å². The molecule has 0 aromatic carbocycles. The van der Waals surface area contributed by atoms with Crippen LogP contribution in [-0.2, 0) is 9.53 Å². The van der Waals surface area contributed by atoms with Crippen LogP contribution in [0.5, 0.6) is 0 Å². The summed E-state index contributed by atoms with van der Waals surface area (Å²) in [5.41, 5.74) is 0.396. The third-order valence-electron chi connectivity index (χ3n) is 5.78. The molecule has 16 heavy (non-hydrogen) atoms. The van der Waals surface area contributed by atoms with Crippen molar-refractivity contribution in [3.63, 3.8) is 0 Å². The highest BCUT2D eigenvalue weighted by Crippen LogP contribution is 2.62. The molecule has 2 saturated carbocycles. The van der Waals surface area contributed by atoms with E-state index in [1.54, 1.807) is 0 Å². The third-order valence-corrected chi connectivity index (χ3v) is 5.78. The smallest absolute Gasteiger partial charge is 0.309 e. The summed E-state index contributed by atoms with van der Waals surface area (Å²) >= 11 is 0. The van der Waals surface area contributed by atoms with Gasteiger partial charge in [-0.1, -0.05) is 27.2 Å². The molecule has 1 aliphatic heterocycles. The van der Waals surface area contributed by atoms with E-state index >= 15 is 0 Å². The standard InChI is InChI=1S/C14H22O2/c1-4-14(2,3)11-6-8-5-9(11)12-10(8)7-16-13(12)15/h8-12H,4-7H2,1-3H3. The van der Waals surface area contributed by atoms with E-state index in [0.717, 1.165) is 11.8 Å². The Bertz CT molecular complexity index is 321. The van der Waals surface area contributed by atoms with Crippen LogP contribution in [0.25, 0.3) is 0 Å². The zero-order valence-electron chi connectivity index (χ0n) is 10.5. The highest BCUT2D eigenvalue weighted by atomic mass is 16.5. The fraction of sp³-hybridized carbons (Fsp3) is 0.929. The number of carbonyl (C=O) groups excluding carboxylic acids is 1. The first kappa shape index (κ1) is 10.6. The second-order valence-electron chi connectivity index (χ2n) is 6.66. The van der Waals surface area contributed by atoms with Crippen LogP contribution < -0.4 is 0 Å². The van der Waals surface area contributed by atoms with Gasteiger partial charge in [0.25, 0.3) is 0 Å². The highest BCUT2D eigenvalue weighted by molar-refractivity contribution is 5.76. The van der Waals surface area contributed by atoms with Crippen molar-refractivity contribution >= 4 is 5.97 Å². The normalized spacial score (nSPS) is 45.9. The van der Waals surface area contributed by atoms with Gasteiger partial charge in [0.05, 0.1) is 12.5 Å². The number of carbonyl (C=O) groups is 1. The quantitative estimate of drug-likeness (QED) is 0.672. The van der Waals surface area contributed by atoms with Crippen molar-refractivity contribution in [2.24, 2.45) is 35.0 Å². The van der Waals surface area contributed by atoms with E-state index in [9.17, 15) is 4.79 Å². The van der Waals surface area contributed by atoms with Crippen molar-refractivity contribution in [3.8, 4) is 0 Å². The van der Waals surface area contributed by atoms with Crippen LogP contribution in [0.2, 0.25) is 0 Å². The Morgan fingerprint density at radius 2 is 2.06 bits per heavy atom. The molecular weight excluding hydrogens is 200 g/mol. The number of hydrogen-bond donors (Lipinski definition) is 0. The van der Waals surface area contributed by atoms with Crippen molar-refractivity contribution in [2.75, 3.05) is 6.61 Å². The van der Waals surface area contributed by atoms with Gasteiger partial charge in [0.15, 0.2) is 0 Å². The summed E-state index contributed by atoms with van der Waals surface area (Å²) in [6.07, 6.45) is 3.84. The molecule has 3 aliphatic rings. The molecule has 0 radical (unpaired) electrons. The lowest BCUT2D eigenvalue weighted by molar-refractivity contribution is -0.143. The van der Waals surface area contributed by atoms with E-state index in [2.05, 4.69) is 20.8 Å². The van der Waals surface area contributed by atoms with Crippen LogP contribution in [-0.4, -0.2) is 12.6 Å². The monoisotopic (exact) mass is 222 g/mol. The minimum absolute atomic E-state index is 0.106. The third kappa shape index (κ3) is 1.22. The molecule has 2 nitrogen and oxygen atoms in total. The van der Waals surface area contributed by atoms with Crippen LogP contribution in [0, 0.1) is 35.0 Å². The molecule has 3 rings (SSSR count). The first-order valence-electron chi connectivity index (χ1n) is 6.71. The summed E-state index contributed by atoms with van der Waals surface area (Å²) in [6, 6.07) is 0. The Labute approximate surface area is 97.7 Å².